The maximum absolute atomic E-state index is 12.6. The Hall–Kier alpha value is -1.88. The average Bonchev–Trinajstić information content (AvgIpc) is 2.59. The summed E-state index contributed by atoms with van der Waals surface area (Å²) in [5.41, 5.74) is 0.757. The second-order valence-electron chi connectivity index (χ2n) is 6.52. The van der Waals surface area contributed by atoms with Crippen LogP contribution in [0.1, 0.15) is 23.7 Å². The molecule has 11 heteroatoms. The molecule has 158 valence electrons. The van der Waals surface area contributed by atoms with Gasteiger partial charge in [0.1, 0.15) is 0 Å². The second-order valence-corrected chi connectivity index (χ2v) is 8.27. The number of benzene rings is 1. The molecule has 0 spiro atoms. The Bertz CT molecular complexity index is 782. The zero-order valence-electron chi connectivity index (χ0n) is 16.1. The average molecular weight is 434 g/mol. The van der Waals surface area contributed by atoms with E-state index in [2.05, 4.69) is 25.6 Å². The molecule has 0 unspecified atom stereocenters. The van der Waals surface area contributed by atoms with Crippen LogP contribution in [0.5, 0.6) is 0 Å². The maximum atomic E-state index is 12.6. The standard InChI is InChI=1S/C17H27N5O4S.ClH/c1-13(23)20-14-4-5-16(21-27(2,25)26)15(12-14)17(24)19-6-3-9-22-10-7-18-8-11-22;/h4-5,12,18,21H,3,6-11H2,1-2H3,(H,19,24)(H,20,23);1H. The Balaban J connectivity index is 0.00000392. The van der Waals surface area contributed by atoms with Gasteiger partial charge in [-0.1, -0.05) is 0 Å². The highest BCUT2D eigenvalue weighted by Gasteiger charge is 2.16. The SMILES string of the molecule is CC(=O)Nc1ccc(NS(C)(=O)=O)c(C(=O)NCCCN2CCNCC2)c1.Cl. The number of halogens is 1. The van der Waals surface area contributed by atoms with Crippen molar-refractivity contribution >= 4 is 45.6 Å². The molecule has 1 aliphatic heterocycles. The van der Waals surface area contributed by atoms with Crippen molar-refractivity contribution in [3.05, 3.63) is 23.8 Å². The Morgan fingerprint density at radius 2 is 1.89 bits per heavy atom. The van der Waals surface area contributed by atoms with Gasteiger partial charge in [0.2, 0.25) is 15.9 Å². The first-order valence-electron chi connectivity index (χ1n) is 8.85. The summed E-state index contributed by atoms with van der Waals surface area (Å²) in [6.45, 7) is 6.67. The number of rotatable bonds is 8. The van der Waals surface area contributed by atoms with Crippen molar-refractivity contribution in [3.8, 4) is 0 Å². The molecule has 1 aromatic carbocycles. The van der Waals surface area contributed by atoms with Crippen LogP contribution >= 0.6 is 12.4 Å². The monoisotopic (exact) mass is 433 g/mol. The predicted octanol–water partition coefficient (Wildman–Crippen LogP) is 0.463. The van der Waals surface area contributed by atoms with Crippen molar-refractivity contribution in [3.63, 3.8) is 0 Å². The Labute approximate surface area is 172 Å². The number of amides is 2. The number of hydrogen-bond acceptors (Lipinski definition) is 6. The fraction of sp³-hybridized carbons (Fsp3) is 0.529. The highest BCUT2D eigenvalue weighted by Crippen LogP contribution is 2.21. The minimum Gasteiger partial charge on any atom is -0.352 e. The zero-order chi connectivity index (χ0) is 19.9. The fourth-order valence-corrected chi connectivity index (χ4v) is 3.41. The Morgan fingerprint density at radius 3 is 2.50 bits per heavy atom. The zero-order valence-corrected chi connectivity index (χ0v) is 17.7. The van der Waals surface area contributed by atoms with Gasteiger partial charge in [-0.3, -0.25) is 14.3 Å². The predicted molar refractivity (Wildman–Crippen MR) is 113 cm³/mol. The first kappa shape index (κ1) is 24.2. The smallest absolute Gasteiger partial charge is 0.253 e. The molecule has 0 aromatic heterocycles. The van der Waals surface area contributed by atoms with Gasteiger partial charge >= 0.3 is 0 Å². The van der Waals surface area contributed by atoms with Gasteiger partial charge in [-0.2, -0.15) is 0 Å². The summed E-state index contributed by atoms with van der Waals surface area (Å²) in [7, 11) is -3.54. The molecule has 1 heterocycles. The van der Waals surface area contributed by atoms with Crippen LogP contribution in [0.25, 0.3) is 0 Å². The number of piperazine rings is 1. The van der Waals surface area contributed by atoms with Crippen LogP contribution < -0.4 is 20.7 Å². The van der Waals surface area contributed by atoms with Crippen molar-refractivity contribution in [1.82, 2.24) is 15.5 Å². The van der Waals surface area contributed by atoms with Crippen molar-refractivity contribution < 1.29 is 18.0 Å². The lowest BCUT2D eigenvalue weighted by atomic mass is 10.1. The topological polar surface area (TPSA) is 120 Å². The van der Waals surface area contributed by atoms with Crippen LogP contribution in [-0.2, 0) is 14.8 Å². The third-order valence-corrected chi connectivity index (χ3v) is 4.62. The number of anilines is 2. The highest BCUT2D eigenvalue weighted by atomic mass is 35.5. The third-order valence-electron chi connectivity index (χ3n) is 4.03. The molecule has 1 saturated heterocycles. The Morgan fingerprint density at radius 1 is 1.21 bits per heavy atom. The molecule has 0 aliphatic carbocycles. The quantitative estimate of drug-likeness (QED) is 0.442. The van der Waals surface area contributed by atoms with Crippen LogP contribution in [0, 0.1) is 0 Å². The van der Waals surface area contributed by atoms with Crippen molar-refractivity contribution in [1.29, 1.82) is 0 Å². The normalized spacial score (nSPS) is 14.6. The second kappa shape index (κ2) is 11.2. The third kappa shape index (κ3) is 8.42. The molecule has 2 amide bonds. The molecule has 1 aliphatic rings. The van der Waals surface area contributed by atoms with Gasteiger partial charge in [0, 0.05) is 45.3 Å². The molecule has 1 fully saturated rings. The number of nitrogens with one attached hydrogen (secondary N) is 4. The lowest BCUT2D eigenvalue weighted by Gasteiger charge is -2.27. The fourth-order valence-electron chi connectivity index (χ4n) is 2.84. The van der Waals surface area contributed by atoms with E-state index in [0.717, 1.165) is 45.4 Å². The van der Waals surface area contributed by atoms with Crippen molar-refractivity contribution in [2.45, 2.75) is 13.3 Å². The van der Waals surface area contributed by atoms with E-state index in [1.165, 1.54) is 25.1 Å². The van der Waals surface area contributed by atoms with E-state index in [9.17, 15) is 18.0 Å². The highest BCUT2D eigenvalue weighted by molar-refractivity contribution is 7.92. The molecule has 0 saturated carbocycles. The van der Waals surface area contributed by atoms with Gasteiger partial charge in [-0.25, -0.2) is 8.42 Å². The van der Waals surface area contributed by atoms with Crippen LogP contribution in [0.2, 0.25) is 0 Å². The molecule has 4 N–H and O–H groups in total. The Kier molecular flexibility index (Phi) is 9.66. The molecule has 0 atom stereocenters. The molecule has 2 rings (SSSR count). The van der Waals surface area contributed by atoms with E-state index in [1.54, 1.807) is 0 Å². The molecular formula is C17H28ClN5O4S. The summed E-state index contributed by atoms with van der Waals surface area (Å²) in [6, 6.07) is 4.46. The van der Waals surface area contributed by atoms with E-state index in [0.29, 0.717) is 12.2 Å². The lowest BCUT2D eigenvalue weighted by Crippen LogP contribution is -2.44. The summed E-state index contributed by atoms with van der Waals surface area (Å²) < 4.78 is 25.4. The van der Waals surface area contributed by atoms with Crippen molar-refractivity contribution in [2.24, 2.45) is 0 Å². The molecular weight excluding hydrogens is 406 g/mol. The molecule has 28 heavy (non-hydrogen) atoms. The van der Waals surface area contributed by atoms with Crippen LogP contribution in [-0.4, -0.2) is 70.7 Å². The first-order chi connectivity index (χ1) is 12.7. The molecule has 1 aromatic rings. The van der Waals surface area contributed by atoms with Gasteiger partial charge in [0.25, 0.3) is 5.91 Å². The number of carbonyl (C=O) groups excluding carboxylic acids is 2. The minimum absolute atomic E-state index is 0. The first-order valence-corrected chi connectivity index (χ1v) is 10.7. The molecule has 0 radical (unpaired) electrons. The molecule has 9 nitrogen and oxygen atoms in total. The van der Waals surface area contributed by atoms with E-state index in [-0.39, 0.29) is 29.6 Å². The minimum atomic E-state index is -3.54. The molecule has 0 bridgehead atoms. The summed E-state index contributed by atoms with van der Waals surface area (Å²) in [4.78, 5) is 26.1. The van der Waals surface area contributed by atoms with Gasteiger partial charge in [-0.15, -0.1) is 12.4 Å². The number of nitrogens with zero attached hydrogens (tertiary/aromatic N) is 1. The van der Waals surface area contributed by atoms with E-state index >= 15 is 0 Å². The summed E-state index contributed by atoms with van der Waals surface area (Å²) in [6.07, 6.45) is 1.82. The van der Waals surface area contributed by atoms with E-state index < -0.39 is 15.9 Å². The van der Waals surface area contributed by atoms with Gasteiger partial charge < -0.3 is 20.9 Å². The number of hydrogen-bond donors (Lipinski definition) is 4. The van der Waals surface area contributed by atoms with Gasteiger partial charge in [-0.05, 0) is 31.2 Å². The van der Waals surface area contributed by atoms with Crippen LogP contribution in [0.3, 0.4) is 0 Å². The number of carbonyl (C=O) groups is 2. The number of sulfonamides is 1. The summed E-state index contributed by atoms with van der Waals surface area (Å²) >= 11 is 0. The van der Waals surface area contributed by atoms with Crippen LogP contribution in [0.15, 0.2) is 18.2 Å². The van der Waals surface area contributed by atoms with E-state index in [4.69, 9.17) is 0 Å². The maximum Gasteiger partial charge on any atom is 0.253 e. The summed E-state index contributed by atoms with van der Waals surface area (Å²) in [5.74, 6) is -0.671. The van der Waals surface area contributed by atoms with Crippen molar-refractivity contribution in [2.75, 3.05) is 55.6 Å². The van der Waals surface area contributed by atoms with Gasteiger partial charge in [0.15, 0.2) is 0 Å². The van der Waals surface area contributed by atoms with Crippen LogP contribution in [0.4, 0.5) is 11.4 Å². The van der Waals surface area contributed by atoms with E-state index in [1.807, 2.05) is 0 Å². The lowest BCUT2D eigenvalue weighted by molar-refractivity contribution is -0.114. The summed E-state index contributed by atoms with van der Waals surface area (Å²) in [5, 5.41) is 8.70. The largest absolute Gasteiger partial charge is 0.352 e. The van der Waals surface area contributed by atoms with Gasteiger partial charge in [0.05, 0.1) is 17.5 Å².